The van der Waals surface area contributed by atoms with Crippen molar-refractivity contribution in [3.05, 3.63) is 24.0 Å². The number of amides is 1. The number of hydrogen-bond donors (Lipinski definition) is 1. The zero-order valence-corrected chi connectivity index (χ0v) is 12.3. The first kappa shape index (κ1) is 14.6. The highest BCUT2D eigenvalue weighted by Crippen LogP contribution is 2.27. The van der Waals surface area contributed by atoms with Gasteiger partial charge in [0, 0.05) is 20.1 Å². The number of likely N-dealkylation sites (N-methyl/N-ethyl adjacent to an activating group) is 1. The fraction of sp³-hybridized carbons (Fsp3) is 0.429. The zero-order valence-electron chi connectivity index (χ0n) is 12.3. The van der Waals surface area contributed by atoms with Gasteiger partial charge < -0.3 is 15.4 Å². The summed E-state index contributed by atoms with van der Waals surface area (Å²) >= 11 is 0. The van der Waals surface area contributed by atoms with E-state index in [-0.39, 0.29) is 12.6 Å². The van der Waals surface area contributed by atoms with Gasteiger partial charge in [-0.3, -0.25) is 9.91 Å². The number of cyclic esters (lactones) is 1. The van der Waals surface area contributed by atoms with Gasteiger partial charge in [0.15, 0.2) is 0 Å². The highest BCUT2D eigenvalue weighted by molar-refractivity contribution is 5.90. The molecule has 8 heteroatoms. The number of carbonyl (C=O) groups is 1. The van der Waals surface area contributed by atoms with Gasteiger partial charge in [0.1, 0.15) is 18.3 Å². The predicted molar refractivity (Wildman–Crippen MR) is 81.5 cm³/mol. The van der Waals surface area contributed by atoms with Gasteiger partial charge >= 0.3 is 6.09 Å². The average molecular weight is 307 g/mol. The van der Waals surface area contributed by atoms with Gasteiger partial charge in [0.25, 0.3) is 0 Å². The van der Waals surface area contributed by atoms with Gasteiger partial charge in [-0.2, -0.15) is 5.10 Å². The molecule has 118 valence electrons. The van der Waals surface area contributed by atoms with Crippen LogP contribution in [0.25, 0.3) is 0 Å². The molecule has 0 aliphatic carbocycles. The standard InChI is InChI=1S/C14H18FN5O2/c1-18-4-5-19(9-17-18)13-3-2-10(6-12(13)15)20-8-11(7-16)22-14(20)21/h2-3,6,9,11H,4-5,7-8,16H2,1H3/t11-/m0/s1. The lowest BCUT2D eigenvalue weighted by molar-refractivity contribution is 0.145. The van der Waals surface area contributed by atoms with Crippen LogP contribution in [-0.2, 0) is 4.74 Å². The van der Waals surface area contributed by atoms with Crippen molar-refractivity contribution < 1.29 is 13.9 Å². The van der Waals surface area contributed by atoms with Crippen molar-refractivity contribution >= 4 is 23.8 Å². The van der Waals surface area contributed by atoms with E-state index >= 15 is 0 Å². The Kier molecular flexibility index (Phi) is 3.84. The molecule has 1 aromatic rings. The van der Waals surface area contributed by atoms with Crippen LogP contribution in [0, 0.1) is 5.82 Å². The van der Waals surface area contributed by atoms with Crippen LogP contribution < -0.4 is 15.5 Å². The number of halogens is 1. The quantitative estimate of drug-likeness (QED) is 0.894. The lowest BCUT2D eigenvalue weighted by atomic mass is 10.2. The van der Waals surface area contributed by atoms with Crippen LogP contribution in [0.15, 0.2) is 23.3 Å². The number of benzene rings is 1. The molecule has 0 aromatic heterocycles. The average Bonchev–Trinajstić information content (AvgIpc) is 2.89. The number of carbonyl (C=O) groups excluding carboxylic acids is 1. The van der Waals surface area contributed by atoms with Gasteiger partial charge in [-0.25, -0.2) is 9.18 Å². The summed E-state index contributed by atoms with van der Waals surface area (Å²) in [5.41, 5.74) is 6.40. The Morgan fingerprint density at radius 3 is 2.86 bits per heavy atom. The van der Waals surface area contributed by atoms with Gasteiger partial charge in [0.2, 0.25) is 0 Å². The van der Waals surface area contributed by atoms with Crippen LogP contribution in [0.2, 0.25) is 0 Å². The Morgan fingerprint density at radius 2 is 2.27 bits per heavy atom. The minimum absolute atomic E-state index is 0.251. The third-order valence-electron chi connectivity index (χ3n) is 3.74. The van der Waals surface area contributed by atoms with Crippen LogP contribution in [0.5, 0.6) is 0 Å². The van der Waals surface area contributed by atoms with E-state index < -0.39 is 11.9 Å². The Labute approximate surface area is 127 Å². The third-order valence-corrected chi connectivity index (χ3v) is 3.74. The van der Waals surface area contributed by atoms with Crippen LogP contribution >= 0.6 is 0 Å². The maximum Gasteiger partial charge on any atom is 0.414 e. The Balaban J connectivity index is 1.81. The summed E-state index contributed by atoms with van der Waals surface area (Å²) in [5.74, 6) is -0.405. The van der Waals surface area contributed by atoms with E-state index in [1.165, 1.54) is 11.0 Å². The van der Waals surface area contributed by atoms with Crippen molar-refractivity contribution in [2.75, 3.05) is 43.0 Å². The van der Waals surface area contributed by atoms with Crippen LogP contribution in [0.1, 0.15) is 0 Å². The van der Waals surface area contributed by atoms with E-state index in [9.17, 15) is 9.18 Å². The monoisotopic (exact) mass is 307 g/mol. The van der Waals surface area contributed by atoms with E-state index in [1.807, 2.05) is 7.05 Å². The predicted octanol–water partition coefficient (Wildman–Crippen LogP) is 0.805. The summed E-state index contributed by atoms with van der Waals surface area (Å²) in [4.78, 5) is 14.9. The molecule has 0 radical (unpaired) electrons. The molecule has 22 heavy (non-hydrogen) atoms. The Morgan fingerprint density at radius 1 is 1.45 bits per heavy atom. The van der Waals surface area contributed by atoms with E-state index in [0.717, 1.165) is 0 Å². The van der Waals surface area contributed by atoms with Gasteiger partial charge in [-0.05, 0) is 18.2 Å². The third kappa shape index (κ3) is 2.69. The molecule has 2 aliphatic heterocycles. The number of anilines is 2. The fourth-order valence-corrected chi connectivity index (χ4v) is 2.45. The molecule has 2 heterocycles. The molecule has 1 atom stereocenters. The molecule has 0 bridgehead atoms. The number of nitrogens with zero attached hydrogens (tertiary/aromatic N) is 4. The molecule has 0 spiro atoms. The van der Waals surface area contributed by atoms with Crippen molar-refractivity contribution in [1.29, 1.82) is 0 Å². The second-order valence-electron chi connectivity index (χ2n) is 5.29. The molecule has 0 saturated carbocycles. The van der Waals surface area contributed by atoms with Crippen molar-refractivity contribution in [1.82, 2.24) is 5.01 Å². The van der Waals surface area contributed by atoms with Crippen molar-refractivity contribution in [3.63, 3.8) is 0 Å². The SMILES string of the molecule is CN1CCN(c2ccc(N3C[C@H](CN)OC3=O)cc2F)C=N1. The molecule has 1 amide bonds. The smallest absolute Gasteiger partial charge is 0.414 e. The lowest BCUT2D eigenvalue weighted by Gasteiger charge is -2.28. The molecule has 1 fully saturated rings. The normalized spacial score (nSPS) is 21.5. The van der Waals surface area contributed by atoms with Gasteiger partial charge in [-0.1, -0.05) is 0 Å². The van der Waals surface area contributed by atoms with Crippen LogP contribution in [0.4, 0.5) is 20.6 Å². The summed E-state index contributed by atoms with van der Waals surface area (Å²) in [6.07, 6.45) is 0.750. The number of ether oxygens (including phenoxy) is 1. The molecule has 7 nitrogen and oxygen atoms in total. The van der Waals surface area contributed by atoms with Gasteiger partial charge in [0.05, 0.1) is 24.5 Å². The first-order valence-electron chi connectivity index (χ1n) is 7.08. The van der Waals surface area contributed by atoms with Crippen molar-refractivity contribution in [3.8, 4) is 0 Å². The first-order chi connectivity index (χ1) is 10.6. The first-order valence-corrected chi connectivity index (χ1v) is 7.08. The largest absolute Gasteiger partial charge is 0.443 e. The molecule has 0 unspecified atom stereocenters. The number of nitrogens with two attached hydrogens (primary N) is 1. The highest BCUT2D eigenvalue weighted by atomic mass is 19.1. The summed E-state index contributed by atoms with van der Waals surface area (Å²) < 4.78 is 19.4. The maximum atomic E-state index is 14.4. The molecular formula is C14H18FN5O2. The minimum atomic E-state index is -0.497. The van der Waals surface area contributed by atoms with Crippen LogP contribution in [0.3, 0.4) is 0 Å². The zero-order chi connectivity index (χ0) is 15.7. The van der Waals surface area contributed by atoms with Crippen molar-refractivity contribution in [2.24, 2.45) is 10.8 Å². The van der Waals surface area contributed by atoms with Crippen molar-refractivity contribution in [2.45, 2.75) is 6.10 Å². The lowest BCUT2D eigenvalue weighted by Crippen LogP contribution is -2.36. The topological polar surface area (TPSA) is 74.4 Å². The minimum Gasteiger partial charge on any atom is -0.443 e. The molecule has 2 aliphatic rings. The molecule has 3 rings (SSSR count). The van der Waals surface area contributed by atoms with Crippen LogP contribution in [-0.4, -0.2) is 56.8 Å². The van der Waals surface area contributed by atoms with E-state index in [1.54, 1.807) is 28.4 Å². The maximum absolute atomic E-state index is 14.4. The summed E-state index contributed by atoms with van der Waals surface area (Å²) in [6.45, 7) is 1.95. The molecular weight excluding hydrogens is 289 g/mol. The second-order valence-corrected chi connectivity index (χ2v) is 5.29. The summed E-state index contributed by atoms with van der Waals surface area (Å²) in [7, 11) is 1.86. The number of hydrazone groups is 1. The highest BCUT2D eigenvalue weighted by Gasteiger charge is 2.31. The number of hydrogen-bond acceptors (Lipinski definition) is 6. The summed E-state index contributed by atoms with van der Waals surface area (Å²) in [5, 5.41) is 5.92. The molecule has 1 aromatic carbocycles. The summed E-state index contributed by atoms with van der Waals surface area (Å²) in [6, 6.07) is 4.68. The van der Waals surface area contributed by atoms with E-state index in [0.29, 0.717) is 31.0 Å². The van der Waals surface area contributed by atoms with Gasteiger partial charge in [-0.15, -0.1) is 0 Å². The number of rotatable bonds is 3. The Bertz CT molecular complexity index is 609. The molecule has 1 saturated heterocycles. The Hall–Kier alpha value is -2.35. The molecule has 2 N–H and O–H groups in total. The van der Waals surface area contributed by atoms with E-state index in [4.69, 9.17) is 10.5 Å². The second kappa shape index (κ2) is 5.80. The fourth-order valence-electron chi connectivity index (χ4n) is 2.45. The van der Waals surface area contributed by atoms with E-state index in [2.05, 4.69) is 5.10 Å².